The highest BCUT2D eigenvalue weighted by Gasteiger charge is 2.09. The Labute approximate surface area is 122 Å². The third kappa shape index (κ3) is 2.86. The van der Waals surface area contributed by atoms with Crippen molar-refractivity contribution >= 4 is 5.69 Å². The minimum Gasteiger partial charge on any atom is -0.508 e. The van der Waals surface area contributed by atoms with Gasteiger partial charge in [0.15, 0.2) is 5.82 Å². The normalized spacial score (nSPS) is 12.0. The van der Waals surface area contributed by atoms with E-state index in [0.29, 0.717) is 5.75 Å². The second kappa shape index (κ2) is 5.66. The molecule has 2 N–H and O–H groups in total. The molecule has 0 radical (unpaired) electrons. The van der Waals surface area contributed by atoms with Crippen LogP contribution in [0.25, 0.3) is 5.82 Å². The number of benzene rings is 1. The number of rotatable bonds is 4. The van der Waals surface area contributed by atoms with Gasteiger partial charge in [-0.25, -0.2) is 9.67 Å². The monoisotopic (exact) mass is 280 g/mol. The van der Waals surface area contributed by atoms with Gasteiger partial charge in [0.25, 0.3) is 0 Å². The second-order valence-electron chi connectivity index (χ2n) is 4.78. The summed E-state index contributed by atoms with van der Waals surface area (Å²) in [4.78, 5) is 4.37. The van der Waals surface area contributed by atoms with Crippen molar-refractivity contribution in [3.63, 3.8) is 0 Å². The first kappa shape index (κ1) is 13.2. The quantitative estimate of drug-likeness (QED) is 0.770. The Bertz CT molecular complexity index is 707. The first-order chi connectivity index (χ1) is 10.2. The average Bonchev–Trinajstić information content (AvgIpc) is 3.02. The molecule has 1 unspecified atom stereocenters. The number of pyridine rings is 1. The van der Waals surface area contributed by atoms with E-state index in [1.54, 1.807) is 23.1 Å². The van der Waals surface area contributed by atoms with Crippen LogP contribution in [0.4, 0.5) is 5.69 Å². The summed E-state index contributed by atoms with van der Waals surface area (Å²) in [5.74, 6) is 1.05. The molecular weight excluding hydrogens is 264 g/mol. The highest BCUT2D eigenvalue weighted by molar-refractivity contribution is 5.47. The highest BCUT2D eigenvalue weighted by atomic mass is 16.3. The van der Waals surface area contributed by atoms with Crippen LogP contribution in [-0.4, -0.2) is 19.9 Å². The summed E-state index contributed by atoms with van der Waals surface area (Å²) in [7, 11) is 0. The molecule has 2 aromatic heterocycles. The Balaban J connectivity index is 1.75. The lowest BCUT2D eigenvalue weighted by Gasteiger charge is -2.16. The fraction of sp³-hybridized carbons (Fsp3) is 0.125. The van der Waals surface area contributed by atoms with E-state index < -0.39 is 0 Å². The molecule has 5 heteroatoms. The Morgan fingerprint density at radius 3 is 2.67 bits per heavy atom. The van der Waals surface area contributed by atoms with Gasteiger partial charge in [-0.3, -0.25) is 0 Å². The topological polar surface area (TPSA) is 63.0 Å². The number of aromatic nitrogens is 3. The van der Waals surface area contributed by atoms with Crippen molar-refractivity contribution < 1.29 is 5.11 Å². The lowest BCUT2D eigenvalue weighted by molar-refractivity contribution is 0.465. The summed E-state index contributed by atoms with van der Waals surface area (Å²) in [6, 6.07) is 13.0. The van der Waals surface area contributed by atoms with Gasteiger partial charge in [0.05, 0.1) is 17.9 Å². The van der Waals surface area contributed by atoms with E-state index in [2.05, 4.69) is 15.4 Å². The van der Waals surface area contributed by atoms with E-state index in [4.69, 9.17) is 0 Å². The van der Waals surface area contributed by atoms with Crippen molar-refractivity contribution in [1.29, 1.82) is 0 Å². The number of hydrogen-bond donors (Lipinski definition) is 2. The second-order valence-corrected chi connectivity index (χ2v) is 4.78. The van der Waals surface area contributed by atoms with Gasteiger partial charge in [0.1, 0.15) is 5.75 Å². The molecule has 3 aromatic rings. The predicted octanol–water partition coefficient (Wildman–Crippen LogP) is 3.15. The van der Waals surface area contributed by atoms with Crippen molar-refractivity contribution in [3.05, 3.63) is 66.6 Å². The van der Waals surface area contributed by atoms with Crippen LogP contribution in [0.2, 0.25) is 0 Å². The van der Waals surface area contributed by atoms with E-state index >= 15 is 0 Å². The number of anilines is 1. The van der Waals surface area contributed by atoms with E-state index in [0.717, 1.165) is 17.1 Å². The highest BCUT2D eigenvalue weighted by Crippen LogP contribution is 2.26. The van der Waals surface area contributed by atoms with Gasteiger partial charge in [-0.1, -0.05) is 18.2 Å². The standard InChI is InChI=1S/C16H16N4O/c1-12(14-5-2-3-6-15(14)21)19-13-7-8-16(17-11-13)20-10-4-9-18-20/h2-12,19,21H,1H3. The van der Waals surface area contributed by atoms with Gasteiger partial charge < -0.3 is 10.4 Å². The fourth-order valence-corrected chi connectivity index (χ4v) is 2.19. The SMILES string of the molecule is CC(Nc1ccc(-n2cccn2)nc1)c1ccccc1O. The minimum absolute atomic E-state index is 0.0106. The van der Waals surface area contributed by atoms with E-state index in [-0.39, 0.29) is 6.04 Å². The van der Waals surface area contributed by atoms with Crippen LogP contribution >= 0.6 is 0 Å². The van der Waals surface area contributed by atoms with Gasteiger partial charge in [0.2, 0.25) is 0 Å². The number of nitrogens with one attached hydrogen (secondary N) is 1. The van der Waals surface area contributed by atoms with Gasteiger partial charge in [0, 0.05) is 18.0 Å². The Kier molecular flexibility index (Phi) is 3.55. The van der Waals surface area contributed by atoms with Crippen molar-refractivity contribution in [2.24, 2.45) is 0 Å². The molecule has 0 fully saturated rings. The van der Waals surface area contributed by atoms with Crippen LogP contribution in [0.1, 0.15) is 18.5 Å². The molecule has 21 heavy (non-hydrogen) atoms. The molecule has 5 nitrogen and oxygen atoms in total. The van der Waals surface area contributed by atoms with Gasteiger partial charge in [-0.2, -0.15) is 5.10 Å². The zero-order valence-electron chi connectivity index (χ0n) is 11.6. The number of aromatic hydroxyl groups is 1. The summed E-state index contributed by atoms with van der Waals surface area (Å²) < 4.78 is 1.70. The largest absolute Gasteiger partial charge is 0.508 e. The molecule has 3 rings (SSSR count). The maximum absolute atomic E-state index is 9.86. The molecule has 0 aliphatic heterocycles. The fourth-order valence-electron chi connectivity index (χ4n) is 2.19. The van der Waals surface area contributed by atoms with Crippen molar-refractivity contribution in [2.45, 2.75) is 13.0 Å². The summed E-state index contributed by atoms with van der Waals surface area (Å²) in [5.41, 5.74) is 1.75. The van der Waals surface area contributed by atoms with E-state index in [1.807, 2.05) is 49.5 Å². The number of para-hydroxylation sites is 1. The summed E-state index contributed by atoms with van der Waals surface area (Å²) >= 11 is 0. The van der Waals surface area contributed by atoms with E-state index in [9.17, 15) is 5.11 Å². The lowest BCUT2D eigenvalue weighted by atomic mass is 10.1. The predicted molar refractivity (Wildman–Crippen MR) is 81.5 cm³/mol. The number of phenols is 1. The third-order valence-corrected chi connectivity index (χ3v) is 3.27. The molecule has 1 aromatic carbocycles. The molecule has 0 aliphatic carbocycles. The van der Waals surface area contributed by atoms with Crippen LogP contribution in [0, 0.1) is 0 Å². The van der Waals surface area contributed by atoms with Gasteiger partial charge in [-0.05, 0) is 31.2 Å². The zero-order valence-corrected chi connectivity index (χ0v) is 11.6. The van der Waals surface area contributed by atoms with Crippen molar-refractivity contribution in [3.8, 4) is 11.6 Å². The van der Waals surface area contributed by atoms with Crippen LogP contribution in [0.3, 0.4) is 0 Å². The van der Waals surface area contributed by atoms with Crippen LogP contribution in [0.5, 0.6) is 5.75 Å². The first-order valence-corrected chi connectivity index (χ1v) is 6.74. The van der Waals surface area contributed by atoms with Gasteiger partial charge in [-0.15, -0.1) is 0 Å². The lowest BCUT2D eigenvalue weighted by Crippen LogP contribution is -2.07. The zero-order chi connectivity index (χ0) is 14.7. The number of phenolic OH excluding ortho intramolecular Hbond substituents is 1. The molecule has 1 atom stereocenters. The average molecular weight is 280 g/mol. The smallest absolute Gasteiger partial charge is 0.153 e. The molecule has 0 saturated carbocycles. The molecule has 0 amide bonds. The molecule has 0 bridgehead atoms. The molecular formula is C16H16N4O. The van der Waals surface area contributed by atoms with Crippen LogP contribution in [-0.2, 0) is 0 Å². The molecule has 0 aliphatic rings. The summed E-state index contributed by atoms with van der Waals surface area (Å²) in [6.45, 7) is 2.00. The Morgan fingerprint density at radius 1 is 1.14 bits per heavy atom. The number of nitrogens with zero attached hydrogens (tertiary/aromatic N) is 3. The first-order valence-electron chi connectivity index (χ1n) is 6.74. The summed E-state index contributed by atoms with van der Waals surface area (Å²) in [6.07, 6.45) is 5.32. The number of hydrogen-bond acceptors (Lipinski definition) is 4. The molecule has 2 heterocycles. The molecule has 0 spiro atoms. The van der Waals surface area contributed by atoms with Crippen LogP contribution < -0.4 is 5.32 Å². The van der Waals surface area contributed by atoms with Gasteiger partial charge >= 0.3 is 0 Å². The van der Waals surface area contributed by atoms with Crippen molar-refractivity contribution in [2.75, 3.05) is 5.32 Å². The Hall–Kier alpha value is -2.82. The molecule has 106 valence electrons. The Morgan fingerprint density at radius 2 is 2.00 bits per heavy atom. The maximum atomic E-state index is 9.86. The third-order valence-electron chi connectivity index (χ3n) is 3.27. The van der Waals surface area contributed by atoms with Crippen LogP contribution in [0.15, 0.2) is 61.1 Å². The minimum atomic E-state index is -0.0106. The molecule has 0 saturated heterocycles. The van der Waals surface area contributed by atoms with Crippen molar-refractivity contribution in [1.82, 2.24) is 14.8 Å². The van der Waals surface area contributed by atoms with E-state index in [1.165, 1.54) is 0 Å². The summed E-state index contributed by atoms with van der Waals surface area (Å²) in [5, 5.41) is 17.3. The maximum Gasteiger partial charge on any atom is 0.153 e.